The van der Waals surface area contributed by atoms with Crippen LogP contribution in [0.25, 0.3) is 0 Å². The van der Waals surface area contributed by atoms with Crippen LogP contribution in [-0.4, -0.2) is 248 Å². The highest BCUT2D eigenvalue weighted by atomic mass is 32.2. The number of ether oxygens (including phenoxy) is 1. The Balaban J connectivity index is -0.0000000576. The fourth-order valence-electron chi connectivity index (χ4n) is 4.07. The molecule has 0 fully saturated rings. The predicted octanol–water partition coefficient (Wildman–Crippen LogP) is 30.0. The van der Waals surface area contributed by atoms with E-state index >= 15 is 0 Å². The third kappa shape index (κ3) is 173. The lowest BCUT2D eigenvalue weighted by Gasteiger charge is -2.23. The SMILES string of the molecule is C.C/C=C\C=C/C.C/C=C\CC.C/C=C\N(C)C.CC(=O)N(C)C.CC(C)(C)P(C)(C)=O.CC(C)(C)S(C)(=O)=O.CC(C)(C)S(C)(=O)=O.CC(C)(C)S(C)(=O)=O.CC(C)=C(C)C(C)(C)C.CC(C)=C(C)C(C)=C(C)C.CC(C)=C(C)N(C)C.CC(C)=NC(C)(C)C.CC=NCC.CCC=NC.CN=C(C)C(C)(C)C.COC(C)=O.CS(=O)C(C)(C)C.CS(=O)C(C)(C)C.CS(=O)C(C)(C)C. The molecule has 0 saturated heterocycles. The van der Waals surface area contributed by atoms with E-state index in [-0.39, 0.29) is 49.7 Å². The Morgan fingerprint density at radius 3 is 0.689 bits per heavy atom. The largest absolute Gasteiger partial charge is 0.469 e. The van der Waals surface area contributed by atoms with Gasteiger partial charge in [0.15, 0.2) is 29.5 Å². The first-order chi connectivity index (χ1) is 58.4. The highest BCUT2D eigenvalue weighted by Gasteiger charge is 2.27. The van der Waals surface area contributed by atoms with E-state index in [1.54, 1.807) is 108 Å². The fourth-order valence-corrected chi connectivity index (χ4v) is 4.07. The average Bonchev–Trinajstić information content (AvgIpc) is 0.875. The second-order valence-electron chi connectivity index (χ2n) is 43.0. The normalized spacial score (nSPS) is 12.0. The van der Waals surface area contributed by atoms with Crippen molar-refractivity contribution in [2.45, 2.75) is 440 Å². The Morgan fingerprint density at radius 2 is 0.674 bits per heavy atom. The standard InChI is InChI=1S/C10H18.C9H18.3C7H15N.C6H15OP.C6H10.C5H11N.3C5H12O2S.3C5H12OS.C5H10.C4H9NO.2C4H9N.C3H6O2.CH4/c1-7(2)9(5)10(6)8(3)4;1-7(2)8(3)9(4,5)6;1-6(8-5)7(2,3)4;1-6(2)7(3)8(4)5;1-6(2)8-7(3,4)5;1-6(2,3)8(4,5)7;1-3-5-6-4-2;1-4-5-6(2)3;3*1-5(2,3)8(4,6)7;3*1-5(2,3)7(4)6;1-3-5-4-2;1-4(6)5(2)3;1-3-4-5-2;1-3-5-4-2;1-3(4)5-2;/h1-6H3;1-6H3;4*1-5H3;3-6H,1-2H3;4-5H,1-3H3;3*1-4H3;3*1-4H3;3,5H,4H2,1-2H3;1-3H3;4H,3H2,1-2H3;3H,4H2,1-2H3;1-2H3;1H4/b;;;;;;5-3-,6-4-;5-4-;;;;;;;5-3-;;;;;. The average molecular weight is 2060 g/mol. The van der Waals surface area contributed by atoms with Gasteiger partial charge in [-0.1, -0.05) is 154 Å². The van der Waals surface area contributed by atoms with Gasteiger partial charge in [-0.2, -0.15) is 0 Å². The number of carbonyl (C=O) groups is 2. The summed E-state index contributed by atoms with van der Waals surface area (Å²) in [6.07, 6.45) is 31.0. The van der Waals surface area contributed by atoms with E-state index in [9.17, 15) is 52.0 Å². The van der Waals surface area contributed by atoms with Gasteiger partial charge in [-0.25, -0.2) is 25.3 Å². The van der Waals surface area contributed by atoms with Crippen molar-refractivity contribution in [3.05, 3.63) is 93.4 Å². The highest BCUT2D eigenvalue weighted by molar-refractivity contribution is 7.92. The maximum atomic E-state index is 11.2. The van der Waals surface area contributed by atoms with E-state index in [1.165, 1.54) is 95.0 Å². The van der Waals surface area contributed by atoms with Gasteiger partial charge in [0.05, 0.1) is 34.0 Å². The maximum absolute atomic E-state index is 11.2. The summed E-state index contributed by atoms with van der Waals surface area (Å²) in [6, 6.07) is 0. The first-order valence-electron chi connectivity index (χ1n) is 46.0. The number of allylic oxidation sites excluding steroid dienone is 15. The number of aliphatic imine (C=N–C) groups is 4. The molecular weight excluding hydrogens is 1830 g/mol. The minimum atomic E-state index is -2.84. The molecule has 0 heterocycles. The molecule has 0 aromatic rings. The van der Waals surface area contributed by atoms with Crippen LogP contribution in [0.4, 0.5) is 0 Å². The Morgan fingerprint density at radius 1 is 0.430 bits per heavy atom. The molecule has 135 heavy (non-hydrogen) atoms. The van der Waals surface area contributed by atoms with Gasteiger partial charge in [-0.15, -0.1) is 0 Å². The van der Waals surface area contributed by atoms with E-state index in [0.717, 1.165) is 25.1 Å². The Hall–Kier alpha value is -4.33. The van der Waals surface area contributed by atoms with Crippen molar-refractivity contribution in [3.8, 4) is 0 Å². The summed E-state index contributed by atoms with van der Waals surface area (Å²) in [5.74, 6) is -0.153. The number of hydrogen-bond donors (Lipinski definition) is 0. The first kappa shape index (κ1) is 179. The zero-order chi connectivity index (χ0) is 114. The summed E-state index contributed by atoms with van der Waals surface area (Å²) in [5.41, 5.74) is 14.5. The van der Waals surface area contributed by atoms with Gasteiger partial charge in [-0.05, 0) is 358 Å². The summed E-state index contributed by atoms with van der Waals surface area (Å²) >= 11 is 0. The monoisotopic (exact) mass is 2060 g/mol. The molecule has 0 aliphatic heterocycles. The number of carbonyl (C=O) groups excluding carboxylic acids is 2. The van der Waals surface area contributed by atoms with Crippen molar-refractivity contribution in [3.63, 3.8) is 0 Å². The lowest BCUT2D eigenvalue weighted by atomic mass is 9.85. The van der Waals surface area contributed by atoms with Crippen LogP contribution in [0.1, 0.15) is 401 Å². The zero-order valence-electron chi connectivity index (χ0n) is 102. The number of rotatable bonds is 7. The molecule has 0 aliphatic carbocycles. The number of esters is 1. The number of methoxy groups -OCH3 is 1. The minimum absolute atomic E-state index is 0. The number of amides is 1. The Labute approximate surface area is 855 Å². The number of nitrogens with zero attached hydrogens (tertiary/aromatic N) is 7. The number of hydrogen-bond acceptors (Lipinski definition) is 19. The second kappa shape index (κ2) is 93.3. The smallest absolute Gasteiger partial charge is 0.302 e. The molecule has 3 atom stereocenters. The third-order valence-corrected chi connectivity index (χ3v) is 33.0. The van der Waals surface area contributed by atoms with Crippen molar-refractivity contribution in [2.24, 2.45) is 30.8 Å². The van der Waals surface area contributed by atoms with Crippen LogP contribution in [0, 0.1) is 10.8 Å². The molecule has 822 valence electrons. The maximum Gasteiger partial charge on any atom is 0.302 e. The van der Waals surface area contributed by atoms with Gasteiger partial charge in [0.1, 0.15) is 0 Å². The first-order valence-corrected chi connectivity index (χ1v) is 59.0. The summed E-state index contributed by atoms with van der Waals surface area (Å²) in [7, 11) is 4.11. The molecular formula is C108H236N7O13PS6. The molecule has 0 radical (unpaired) electrons. The summed E-state index contributed by atoms with van der Waals surface area (Å²) in [4.78, 5) is 41.3. The van der Waals surface area contributed by atoms with E-state index in [4.69, 9.17) is 0 Å². The van der Waals surface area contributed by atoms with Gasteiger partial charge in [0.2, 0.25) is 5.91 Å². The van der Waals surface area contributed by atoms with Crippen LogP contribution >= 0.6 is 7.14 Å². The Bertz CT molecular complexity index is 3570. The van der Waals surface area contributed by atoms with Gasteiger partial charge in [0.25, 0.3) is 0 Å². The van der Waals surface area contributed by atoms with E-state index in [1.807, 2.05) is 221 Å². The van der Waals surface area contributed by atoms with E-state index < -0.39 is 83.3 Å². The number of sulfone groups is 3. The second-order valence-corrected chi connectivity index (χ2v) is 61.7. The molecule has 20 nitrogen and oxygen atoms in total. The minimum Gasteiger partial charge on any atom is -0.469 e. The van der Waals surface area contributed by atoms with Crippen molar-refractivity contribution in [1.29, 1.82) is 0 Å². The van der Waals surface area contributed by atoms with Crippen LogP contribution in [-0.2, 0) is 80.8 Å². The summed E-state index contributed by atoms with van der Waals surface area (Å²) in [6.45, 7) is 114. The quantitative estimate of drug-likeness (QED) is 0.0753. The van der Waals surface area contributed by atoms with Crippen LogP contribution in [0.5, 0.6) is 0 Å². The molecule has 0 rings (SSSR count). The van der Waals surface area contributed by atoms with Crippen molar-refractivity contribution in [1.82, 2.24) is 14.7 Å². The van der Waals surface area contributed by atoms with Gasteiger partial charge in [-0.3, -0.25) is 37.2 Å². The van der Waals surface area contributed by atoms with Crippen LogP contribution < -0.4 is 0 Å². The van der Waals surface area contributed by atoms with Gasteiger partial charge in [0, 0.05) is 183 Å². The van der Waals surface area contributed by atoms with Gasteiger partial charge >= 0.3 is 5.97 Å². The lowest BCUT2D eigenvalue weighted by molar-refractivity contribution is -0.138. The van der Waals surface area contributed by atoms with Crippen LogP contribution in [0.3, 0.4) is 0 Å². The Kier molecular flexibility index (Phi) is 124. The van der Waals surface area contributed by atoms with Crippen molar-refractivity contribution in [2.75, 3.05) is 121 Å². The van der Waals surface area contributed by atoms with Crippen molar-refractivity contribution >= 4 is 105 Å². The topological polar surface area (TPSA) is 273 Å². The molecule has 0 aromatic carbocycles. The lowest BCUT2D eigenvalue weighted by Crippen LogP contribution is -2.26. The third-order valence-electron chi connectivity index (χ3n) is 17.9. The molecule has 0 bridgehead atoms. The van der Waals surface area contributed by atoms with Crippen molar-refractivity contribution < 1.29 is 56.8 Å². The predicted molar refractivity (Wildman–Crippen MR) is 632 cm³/mol. The summed E-state index contributed by atoms with van der Waals surface area (Å²) < 4.78 is 109. The molecule has 0 aromatic heterocycles. The van der Waals surface area contributed by atoms with E-state index in [0.29, 0.717) is 5.41 Å². The van der Waals surface area contributed by atoms with E-state index in [2.05, 4.69) is 222 Å². The molecule has 3 unspecified atom stereocenters. The van der Waals surface area contributed by atoms with Crippen LogP contribution in [0.15, 0.2) is 113 Å². The molecule has 1 amide bonds. The van der Waals surface area contributed by atoms with Crippen LogP contribution in [0.2, 0.25) is 0 Å². The highest BCUT2D eigenvalue weighted by Crippen LogP contribution is 2.50. The van der Waals surface area contributed by atoms with Gasteiger partial charge < -0.3 is 29.0 Å². The molecule has 0 aliphatic rings. The molecule has 0 N–H and O–H groups in total. The summed E-state index contributed by atoms with van der Waals surface area (Å²) in [5, 5.41) is -0.00694. The molecule has 0 spiro atoms. The zero-order valence-corrected chi connectivity index (χ0v) is 108. The molecule has 27 heteroatoms. The fraction of sp³-hybridized carbons (Fsp3) is 0.796. The molecule has 0 saturated carbocycles.